The third kappa shape index (κ3) is 3.47. The largest absolute Gasteiger partial charge is 0.330 e. The molecule has 0 aromatic heterocycles. The number of rotatable bonds is 3. The minimum Gasteiger partial charge on any atom is -0.330 e. The summed E-state index contributed by atoms with van der Waals surface area (Å²) in [6, 6.07) is 10.5. The predicted octanol–water partition coefficient (Wildman–Crippen LogP) is 0.541. The minimum absolute atomic E-state index is 0.0652. The fraction of sp³-hybridized carbons (Fsp3) is 0.500. The number of hydrogen-bond acceptors (Lipinski definition) is 1. The van der Waals surface area contributed by atoms with Crippen molar-refractivity contribution >= 4 is 17.5 Å². The molecule has 18 heavy (non-hydrogen) atoms. The van der Waals surface area contributed by atoms with Gasteiger partial charge in [0.25, 0.3) is 0 Å². The molecule has 1 aliphatic heterocycles. The lowest BCUT2D eigenvalue weighted by Gasteiger charge is -2.32. The van der Waals surface area contributed by atoms with Crippen LogP contribution in [0.1, 0.15) is 12.5 Å². The monoisotopic (exact) mass is 267 g/mol. The van der Waals surface area contributed by atoms with Crippen LogP contribution in [0.3, 0.4) is 0 Å². The first-order valence-corrected chi connectivity index (χ1v) is 6.91. The van der Waals surface area contributed by atoms with E-state index in [1.165, 1.54) is 10.5 Å². The molecule has 1 N–H and O–H groups in total. The van der Waals surface area contributed by atoms with Gasteiger partial charge in [0.2, 0.25) is 5.91 Å². The molecule has 98 valence electrons. The number of alkyl halides is 1. The minimum atomic E-state index is -0.402. The van der Waals surface area contributed by atoms with E-state index in [9.17, 15) is 4.79 Å². The molecule has 1 aromatic rings. The molecule has 0 spiro atoms. The van der Waals surface area contributed by atoms with E-state index >= 15 is 0 Å². The zero-order chi connectivity index (χ0) is 13.0. The van der Waals surface area contributed by atoms with Crippen LogP contribution < -0.4 is 4.90 Å². The number of nitrogens with one attached hydrogen (secondary N) is 1. The van der Waals surface area contributed by atoms with Crippen LogP contribution in [0, 0.1) is 0 Å². The molecule has 0 saturated carbocycles. The van der Waals surface area contributed by atoms with E-state index in [-0.39, 0.29) is 5.91 Å². The van der Waals surface area contributed by atoms with Crippen molar-refractivity contribution in [2.24, 2.45) is 0 Å². The molecule has 0 aliphatic carbocycles. The van der Waals surface area contributed by atoms with Crippen LogP contribution in [-0.2, 0) is 11.3 Å². The lowest BCUT2D eigenvalue weighted by molar-refractivity contribution is -0.917. The smallest absolute Gasteiger partial charge is 0.240 e. The summed E-state index contributed by atoms with van der Waals surface area (Å²) in [6.07, 6.45) is 0. The second kappa shape index (κ2) is 6.21. The molecule has 1 saturated heterocycles. The number of carbonyl (C=O) groups is 1. The molecule has 1 fully saturated rings. The number of benzene rings is 1. The fourth-order valence-corrected chi connectivity index (χ4v) is 2.49. The van der Waals surface area contributed by atoms with Crippen LogP contribution in [0.5, 0.6) is 0 Å². The molecule has 4 heteroatoms. The summed E-state index contributed by atoms with van der Waals surface area (Å²) in [4.78, 5) is 15.2. The Hall–Kier alpha value is -1.06. The van der Waals surface area contributed by atoms with E-state index in [2.05, 4.69) is 24.3 Å². The number of amides is 1. The molecule has 1 atom stereocenters. The van der Waals surface area contributed by atoms with Crippen molar-refractivity contribution in [3.05, 3.63) is 35.9 Å². The average Bonchev–Trinajstić information content (AvgIpc) is 2.40. The van der Waals surface area contributed by atoms with E-state index < -0.39 is 5.38 Å². The van der Waals surface area contributed by atoms with Gasteiger partial charge in [0, 0.05) is 5.56 Å². The molecule has 3 nitrogen and oxygen atoms in total. The van der Waals surface area contributed by atoms with E-state index in [1.54, 1.807) is 6.92 Å². The topological polar surface area (TPSA) is 24.8 Å². The van der Waals surface area contributed by atoms with Crippen molar-refractivity contribution in [3.63, 3.8) is 0 Å². The van der Waals surface area contributed by atoms with Crippen molar-refractivity contribution in [2.75, 3.05) is 26.2 Å². The van der Waals surface area contributed by atoms with Crippen LogP contribution in [0.15, 0.2) is 30.3 Å². The van der Waals surface area contributed by atoms with E-state index in [1.807, 2.05) is 11.0 Å². The summed E-state index contributed by atoms with van der Waals surface area (Å²) < 4.78 is 0. The van der Waals surface area contributed by atoms with Crippen LogP contribution in [0.2, 0.25) is 0 Å². The first-order valence-electron chi connectivity index (χ1n) is 6.47. The Kier molecular flexibility index (Phi) is 4.61. The third-order valence-electron chi connectivity index (χ3n) is 3.42. The van der Waals surface area contributed by atoms with Crippen molar-refractivity contribution in [1.82, 2.24) is 4.90 Å². The summed E-state index contributed by atoms with van der Waals surface area (Å²) in [7, 11) is 0. The lowest BCUT2D eigenvalue weighted by Crippen LogP contribution is -3.13. The molecule has 1 heterocycles. The Morgan fingerprint density at radius 3 is 2.50 bits per heavy atom. The van der Waals surface area contributed by atoms with Crippen LogP contribution in [0.4, 0.5) is 0 Å². The molecule has 1 aliphatic rings. The molecule has 1 aromatic carbocycles. The Morgan fingerprint density at radius 1 is 1.33 bits per heavy atom. The summed E-state index contributed by atoms with van der Waals surface area (Å²) >= 11 is 5.83. The zero-order valence-corrected chi connectivity index (χ0v) is 11.5. The Bertz CT molecular complexity index is 386. The van der Waals surface area contributed by atoms with Gasteiger partial charge in [-0.1, -0.05) is 30.3 Å². The second-order valence-electron chi connectivity index (χ2n) is 4.85. The Balaban J connectivity index is 1.82. The average molecular weight is 268 g/mol. The van der Waals surface area contributed by atoms with E-state index in [4.69, 9.17) is 11.6 Å². The van der Waals surface area contributed by atoms with Gasteiger partial charge < -0.3 is 9.80 Å². The number of nitrogens with zero attached hydrogens (tertiary/aromatic N) is 1. The van der Waals surface area contributed by atoms with Crippen LogP contribution in [0.25, 0.3) is 0 Å². The summed E-state index contributed by atoms with van der Waals surface area (Å²) in [5.74, 6) is 0.0652. The van der Waals surface area contributed by atoms with Crippen molar-refractivity contribution < 1.29 is 9.69 Å². The van der Waals surface area contributed by atoms with Gasteiger partial charge in [-0.15, -0.1) is 11.6 Å². The van der Waals surface area contributed by atoms with Gasteiger partial charge in [-0.3, -0.25) is 4.79 Å². The predicted molar refractivity (Wildman–Crippen MR) is 72.7 cm³/mol. The van der Waals surface area contributed by atoms with Gasteiger partial charge in [-0.25, -0.2) is 0 Å². The fourth-order valence-electron chi connectivity index (χ4n) is 2.36. The highest BCUT2D eigenvalue weighted by Gasteiger charge is 2.25. The highest BCUT2D eigenvalue weighted by Crippen LogP contribution is 2.02. The summed E-state index contributed by atoms with van der Waals surface area (Å²) in [5, 5.41) is -0.402. The van der Waals surface area contributed by atoms with Crippen LogP contribution >= 0.6 is 11.6 Å². The van der Waals surface area contributed by atoms with E-state index in [0.717, 1.165) is 32.7 Å². The molecular weight excluding hydrogens is 248 g/mol. The molecular formula is C14H20ClN2O+. The first-order chi connectivity index (χ1) is 8.66. The number of piperazine rings is 1. The highest BCUT2D eigenvalue weighted by molar-refractivity contribution is 6.30. The van der Waals surface area contributed by atoms with Crippen molar-refractivity contribution in [1.29, 1.82) is 0 Å². The van der Waals surface area contributed by atoms with Gasteiger partial charge >= 0.3 is 0 Å². The molecule has 2 rings (SSSR count). The maximum absolute atomic E-state index is 11.7. The standard InChI is InChI=1S/C14H19ClN2O/c1-12(15)14(18)17-9-7-16(8-10-17)11-13-5-3-2-4-6-13/h2-6,12H,7-11H2,1H3/p+1/t12-/m0/s1. The van der Waals surface area contributed by atoms with Gasteiger partial charge in [0.15, 0.2) is 0 Å². The van der Waals surface area contributed by atoms with E-state index in [0.29, 0.717) is 0 Å². The van der Waals surface area contributed by atoms with Crippen molar-refractivity contribution in [3.8, 4) is 0 Å². The number of halogens is 1. The van der Waals surface area contributed by atoms with Gasteiger partial charge in [-0.2, -0.15) is 0 Å². The Labute approximate surface area is 113 Å². The first kappa shape index (κ1) is 13.4. The van der Waals surface area contributed by atoms with Crippen molar-refractivity contribution in [2.45, 2.75) is 18.8 Å². The lowest BCUT2D eigenvalue weighted by atomic mass is 10.2. The number of quaternary nitrogens is 1. The quantitative estimate of drug-likeness (QED) is 0.795. The molecule has 0 radical (unpaired) electrons. The SMILES string of the molecule is C[C@H](Cl)C(=O)N1CC[NH+](Cc2ccccc2)CC1. The Morgan fingerprint density at radius 2 is 1.94 bits per heavy atom. The molecule has 1 amide bonds. The van der Waals surface area contributed by atoms with Gasteiger partial charge in [0.1, 0.15) is 11.9 Å². The number of hydrogen-bond donors (Lipinski definition) is 1. The maximum Gasteiger partial charge on any atom is 0.240 e. The van der Waals surface area contributed by atoms with Gasteiger partial charge in [-0.05, 0) is 6.92 Å². The maximum atomic E-state index is 11.7. The van der Waals surface area contributed by atoms with Gasteiger partial charge in [0.05, 0.1) is 26.2 Å². The second-order valence-corrected chi connectivity index (χ2v) is 5.51. The molecule has 0 unspecified atom stereocenters. The summed E-state index contributed by atoms with van der Waals surface area (Å²) in [6.45, 7) is 6.43. The summed E-state index contributed by atoms with van der Waals surface area (Å²) in [5.41, 5.74) is 1.36. The number of carbonyl (C=O) groups excluding carboxylic acids is 1. The van der Waals surface area contributed by atoms with Crippen LogP contribution in [-0.4, -0.2) is 42.4 Å². The third-order valence-corrected chi connectivity index (χ3v) is 3.61. The highest BCUT2D eigenvalue weighted by atomic mass is 35.5. The normalized spacial score (nSPS) is 18.7. The zero-order valence-electron chi connectivity index (χ0n) is 10.7. The molecule has 0 bridgehead atoms.